The summed E-state index contributed by atoms with van der Waals surface area (Å²) in [5.74, 6) is -0.452. The van der Waals surface area contributed by atoms with E-state index in [1.807, 2.05) is 5.92 Å². The van der Waals surface area contributed by atoms with Crippen LogP contribution in [0.4, 0.5) is 0 Å². The first-order valence-corrected chi connectivity index (χ1v) is 5.73. The number of carbonyl (C=O) groups is 2. The predicted molar refractivity (Wildman–Crippen MR) is 48.6 cm³/mol. The summed E-state index contributed by atoms with van der Waals surface area (Å²) in [7, 11) is 0. The number of rotatable bonds is 2. The van der Waals surface area contributed by atoms with Gasteiger partial charge in [-0.3, -0.25) is 15.4 Å². The van der Waals surface area contributed by atoms with Gasteiger partial charge in [-0.1, -0.05) is 5.92 Å². The Kier molecular flexibility index (Phi) is 4.59. The molecule has 72 valence electrons. The number of amides is 1. The molecule has 1 unspecified atom stereocenters. The maximum atomic E-state index is 10.7. The lowest BCUT2D eigenvalue weighted by Crippen LogP contribution is -2.32. The van der Waals surface area contributed by atoms with Gasteiger partial charge in [0.05, 0.1) is 0 Å². The van der Waals surface area contributed by atoms with Gasteiger partial charge in [-0.2, -0.15) is 0 Å². The molecule has 13 heavy (non-hydrogen) atoms. The summed E-state index contributed by atoms with van der Waals surface area (Å²) < 4.78 is 4.22. The van der Waals surface area contributed by atoms with Gasteiger partial charge in [-0.15, -0.1) is 6.42 Å². The molecule has 0 aromatic heterocycles. The molecule has 0 saturated heterocycles. The Morgan fingerprint density at radius 2 is 2.31 bits per heavy atom. The second-order valence-electron chi connectivity index (χ2n) is 1.84. The fourth-order valence-corrected chi connectivity index (χ4v) is 0.995. The van der Waals surface area contributed by atoms with Gasteiger partial charge < -0.3 is 9.63 Å². The molecule has 0 aliphatic carbocycles. The third kappa shape index (κ3) is 6.25. The molecule has 0 aromatic carbocycles. The molecule has 0 spiro atoms. The van der Waals surface area contributed by atoms with Crippen molar-refractivity contribution in [1.29, 1.82) is 0 Å². The number of carbonyl (C=O) groups excluding carboxylic acids is 2. The normalized spacial score (nSPS) is 13.6. The van der Waals surface area contributed by atoms with E-state index in [0.717, 1.165) is 0 Å². The van der Waals surface area contributed by atoms with E-state index in [2.05, 4.69) is 16.5 Å². The van der Waals surface area contributed by atoms with Crippen LogP contribution in [0.2, 0.25) is 0 Å². The summed E-state index contributed by atoms with van der Waals surface area (Å²) in [5.41, 5.74) is 4.90. The van der Waals surface area contributed by atoms with E-state index < -0.39 is 18.4 Å². The maximum absolute atomic E-state index is 10.7. The molecule has 0 heterocycles. The Morgan fingerprint density at radius 1 is 1.77 bits per heavy atom. The van der Waals surface area contributed by atoms with Gasteiger partial charge >= 0.3 is 11.9 Å². The summed E-state index contributed by atoms with van der Waals surface area (Å²) >= 11 is 4.26. The molecule has 0 aliphatic heterocycles. The summed E-state index contributed by atoms with van der Waals surface area (Å²) in [5, 5.41) is 1.70. The van der Waals surface area contributed by atoms with Crippen molar-refractivity contribution in [2.45, 2.75) is 0 Å². The molecule has 0 aliphatic rings. The van der Waals surface area contributed by atoms with Crippen LogP contribution in [0, 0.1) is 12.3 Å². The van der Waals surface area contributed by atoms with Gasteiger partial charge in [0.15, 0.2) is 6.61 Å². The van der Waals surface area contributed by atoms with Gasteiger partial charge in [-0.05, 0) is 11.8 Å². The average molecular weight is 222 g/mol. The van der Waals surface area contributed by atoms with Crippen LogP contribution in [0.5, 0.6) is 0 Å². The van der Waals surface area contributed by atoms with E-state index >= 15 is 0 Å². The van der Waals surface area contributed by atoms with Crippen molar-refractivity contribution in [1.82, 2.24) is 5.09 Å². The predicted octanol–water partition coefficient (Wildman–Crippen LogP) is -1.55. The Labute approximate surface area is 79.6 Å². The molecule has 0 aromatic rings. The van der Waals surface area contributed by atoms with Crippen molar-refractivity contribution in [3.63, 3.8) is 0 Å². The van der Waals surface area contributed by atoms with Gasteiger partial charge in [0.2, 0.25) is 6.57 Å². The molecule has 1 atom stereocenters. The monoisotopic (exact) mass is 222 g/mol. The summed E-state index contributed by atoms with van der Waals surface area (Å²) in [4.78, 5) is 30.2. The lowest BCUT2D eigenvalue weighted by Gasteiger charge is -2.08. The Bertz CT molecular complexity index is 304. The second-order valence-corrected chi connectivity index (χ2v) is 4.98. The van der Waals surface area contributed by atoms with Crippen molar-refractivity contribution < 1.29 is 19.2 Å². The minimum atomic E-state index is -3.43. The van der Waals surface area contributed by atoms with E-state index in [1.54, 1.807) is 5.09 Å². The number of terminal acetylenes is 1. The Balaban J connectivity index is 4.07. The SMILES string of the molecule is C#CCOC(=O)C(=O)NP(N)(O)=S. The van der Waals surface area contributed by atoms with Crippen molar-refractivity contribution in [3.05, 3.63) is 0 Å². The molecule has 0 rings (SSSR count). The first-order valence-electron chi connectivity index (χ1n) is 2.91. The topological polar surface area (TPSA) is 102 Å². The average Bonchev–Trinajstić information content (AvgIpc) is 1.96. The van der Waals surface area contributed by atoms with Crippen LogP contribution >= 0.6 is 6.57 Å². The molecule has 0 saturated carbocycles. The first-order chi connectivity index (χ1) is 5.87. The molecule has 1 amide bonds. The molecule has 6 nitrogen and oxygen atoms in total. The van der Waals surface area contributed by atoms with Gasteiger partial charge in [0.25, 0.3) is 0 Å². The number of hydrogen-bond donors (Lipinski definition) is 3. The minimum absolute atomic E-state index is 0.328. The third-order valence-electron chi connectivity index (χ3n) is 0.734. The highest BCUT2D eigenvalue weighted by Crippen LogP contribution is 2.22. The minimum Gasteiger partial charge on any atom is -0.445 e. The highest BCUT2D eigenvalue weighted by atomic mass is 32.4. The van der Waals surface area contributed by atoms with Crippen LogP contribution in [0.25, 0.3) is 0 Å². The zero-order valence-corrected chi connectivity index (χ0v) is 8.10. The van der Waals surface area contributed by atoms with E-state index in [9.17, 15) is 9.59 Å². The van der Waals surface area contributed by atoms with Crippen LogP contribution in [-0.4, -0.2) is 23.4 Å². The summed E-state index contributed by atoms with van der Waals surface area (Å²) in [6.07, 6.45) is 4.76. The highest BCUT2D eigenvalue weighted by molar-refractivity contribution is 8.10. The largest absolute Gasteiger partial charge is 0.445 e. The van der Waals surface area contributed by atoms with Gasteiger partial charge in [0.1, 0.15) is 0 Å². The summed E-state index contributed by atoms with van der Waals surface area (Å²) in [6, 6.07) is 0. The molecule has 0 radical (unpaired) electrons. The van der Waals surface area contributed by atoms with Crippen LogP contribution in [0.15, 0.2) is 0 Å². The van der Waals surface area contributed by atoms with Crippen molar-refractivity contribution in [3.8, 4) is 12.3 Å². The number of nitrogens with two attached hydrogens (primary N) is 1. The highest BCUT2D eigenvalue weighted by Gasteiger charge is 2.19. The van der Waals surface area contributed by atoms with E-state index in [0.29, 0.717) is 0 Å². The molecule has 0 bridgehead atoms. The zero-order valence-electron chi connectivity index (χ0n) is 6.39. The van der Waals surface area contributed by atoms with E-state index in [-0.39, 0.29) is 6.61 Å². The molecular formula is C5H7N2O4PS. The quantitative estimate of drug-likeness (QED) is 0.226. The number of esters is 1. The number of ether oxygens (including phenoxy) is 1. The second kappa shape index (κ2) is 4.94. The van der Waals surface area contributed by atoms with Crippen LogP contribution in [0.1, 0.15) is 0 Å². The number of nitrogens with one attached hydrogen (secondary N) is 1. The van der Waals surface area contributed by atoms with E-state index in [1.165, 1.54) is 0 Å². The van der Waals surface area contributed by atoms with Crippen LogP contribution < -0.4 is 10.6 Å². The smallest absolute Gasteiger partial charge is 0.398 e. The first kappa shape index (κ1) is 12.1. The molecule has 0 fully saturated rings. The standard InChI is InChI=1S/C5H7N2O4PS/c1-2-3-11-5(9)4(8)7-12(6,10)13/h1H,3H2,(H4,6,7,8,10,13). The van der Waals surface area contributed by atoms with Gasteiger partial charge in [0, 0.05) is 0 Å². The van der Waals surface area contributed by atoms with Crippen LogP contribution in [0.3, 0.4) is 0 Å². The Hall–Kier alpha value is -0.930. The zero-order chi connectivity index (χ0) is 10.5. The number of hydrogen-bond acceptors (Lipinski definition) is 4. The van der Waals surface area contributed by atoms with Gasteiger partial charge in [-0.25, -0.2) is 4.79 Å². The lowest BCUT2D eigenvalue weighted by atomic mass is 10.6. The van der Waals surface area contributed by atoms with E-state index in [4.69, 9.17) is 16.8 Å². The fourth-order valence-electron chi connectivity index (χ4n) is 0.364. The van der Waals surface area contributed by atoms with Crippen molar-refractivity contribution in [2.24, 2.45) is 5.50 Å². The lowest BCUT2D eigenvalue weighted by molar-refractivity contribution is -0.153. The van der Waals surface area contributed by atoms with Crippen molar-refractivity contribution in [2.75, 3.05) is 6.61 Å². The van der Waals surface area contributed by atoms with Crippen molar-refractivity contribution >= 4 is 30.2 Å². The maximum Gasteiger partial charge on any atom is 0.398 e. The van der Waals surface area contributed by atoms with Crippen LogP contribution in [-0.2, 0) is 26.1 Å². The molecule has 4 N–H and O–H groups in total. The third-order valence-corrected chi connectivity index (χ3v) is 1.53. The molecular weight excluding hydrogens is 215 g/mol. The summed E-state index contributed by atoms with van der Waals surface area (Å²) in [6.45, 7) is -3.75. The fraction of sp³-hybridized carbons (Fsp3) is 0.200. The molecule has 8 heteroatoms. The Morgan fingerprint density at radius 3 is 2.69 bits per heavy atom.